The third kappa shape index (κ3) is 3.78. The first-order valence-electron chi connectivity index (χ1n) is 8.08. The number of aliphatic hydroxyl groups is 1. The number of hydrogen-bond acceptors (Lipinski definition) is 5. The molecule has 0 saturated carbocycles. The molecule has 3 rings (SSSR count). The summed E-state index contributed by atoms with van der Waals surface area (Å²) < 4.78 is 34.5. The van der Waals surface area contributed by atoms with E-state index in [1.165, 1.54) is 0 Å². The van der Waals surface area contributed by atoms with Crippen LogP contribution in [0.15, 0.2) is 0 Å². The van der Waals surface area contributed by atoms with E-state index in [0.29, 0.717) is 25.2 Å². The Hall–Kier alpha value is -0.170. The van der Waals surface area contributed by atoms with Gasteiger partial charge in [0, 0.05) is 19.8 Å². The summed E-state index contributed by atoms with van der Waals surface area (Å²) in [4.78, 5) is 0. The lowest BCUT2D eigenvalue weighted by atomic mass is 9.77. The van der Waals surface area contributed by atoms with Gasteiger partial charge in [0.15, 0.2) is 9.84 Å². The van der Waals surface area contributed by atoms with Gasteiger partial charge in [-0.05, 0) is 50.4 Å². The van der Waals surface area contributed by atoms with Gasteiger partial charge >= 0.3 is 0 Å². The molecule has 3 aliphatic rings. The second-order valence-electron chi connectivity index (χ2n) is 6.97. The zero-order valence-corrected chi connectivity index (χ0v) is 13.3. The minimum Gasteiger partial charge on any atom is -0.393 e. The van der Waals surface area contributed by atoms with Crippen molar-refractivity contribution in [2.45, 2.75) is 50.2 Å². The van der Waals surface area contributed by atoms with Crippen LogP contribution in [0.5, 0.6) is 0 Å². The second kappa shape index (κ2) is 6.14. The average Bonchev–Trinajstić information content (AvgIpc) is 2.79. The standard InChI is InChI=1S/C15H26O5S/c16-14(9-12-2-8-21(17,18)11-12)13-1-5-20-15(10-13)3-6-19-7-4-15/h12-14,16H,1-11H2. The third-order valence-corrected chi connectivity index (χ3v) is 7.22. The van der Waals surface area contributed by atoms with Crippen molar-refractivity contribution in [1.82, 2.24) is 0 Å². The van der Waals surface area contributed by atoms with Crippen LogP contribution in [0.1, 0.15) is 38.5 Å². The van der Waals surface area contributed by atoms with Crippen molar-refractivity contribution in [3.05, 3.63) is 0 Å². The molecule has 3 saturated heterocycles. The van der Waals surface area contributed by atoms with E-state index in [9.17, 15) is 13.5 Å². The molecule has 122 valence electrons. The molecule has 3 aliphatic heterocycles. The van der Waals surface area contributed by atoms with Crippen LogP contribution in [0.25, 0.3) is 0 Å². The van der Waals surface area contributed by atoms with Gasteiger partial charge in [-0.2, -0.15) is 0 Å². The Bertz CT molecular complexity index is 449. The quantitative estimate of drug-likeness (QED) is 0.845. The van der Waals surface area contributed by atoms with Crippen LogP contribution in [-0.2, 0) is 19.3 Å². The van der Waals surface area contributed by atoms with E-state index >= 15 is 0 Å². The largest absolute Gasteiger partial charge is 0.393 e. The van der Waals surface area contributed by atoms with Crippen molar-refractivity contribution < 1.29 is 23.0 Å². The van der Waals surface area contributed by atoms with Gasteiger partial charge < -0.3 is 14.6 Å². The molecule has 3 unspecified atom stereocenters. The Morgan fingerprint density at radius 3 is 2.62 bits per heavy atom. The molecule has 0 aliphatic carbocycles. The monoisotopic (exact) mass is 318 g/mol. The summed E-state index contributed by atoms with van der Waals surface area (Å²) >= 11 is 0. The fourth-order valence-corrected chi connectivity index (χ4v) is 5.96. The molecule has 3 atom stereocenters. The molecular weight excluding hydrogens is 292 g/mol. The Balaban J connectivity index is 1.56. The van der Waals surface area contributed by atoms with Crippen molar-refractivity contribution in [2.24, 2.45) is 11.8 Å². The molecular formula is C15H26O5S. The molecule has 0 amide bonds. The Kier molecular flexibility index (Phi) is 4.60. The van der Waals surface area contributed by atoms with Gasteiger partial charge in [-0.1, -0.05) is 0 Å². The van der Waals surface area contributed by atoms with Gasteiger partial charge in [-0.25, -0.2) is 8.42 Å². The first-order chi connectivity index (χ1) is 9.98. The zero-order chi connectivity index (χ0) is 14.9. The van der Waals surface area contributed by atoms with Crippen LogP contribution in [0, 0.1) is 11.8 Å². The Morgan fingerprint density at radius 2 is 1.95 bits per heavy atom. The van der Waals surface area contributed by atoms with Crippen LogP contribution < -0.4 is 0 Å². The predicted octanol–water partition coefficient (Wildman–Crippen LogP) is 1.15. The number of sulfone groups is 1. The van der Waals surface area contributed by atoms with Crippen molar-refractivity contribution in [3.63, 3.8) is 0 Å². The molecule has 6 heteroatoms. The van der Waals surface area contributed by atoms with Crippen LogP contribution >= 0.6 is 0 Å². The summed E-state index contributed by atoms with van der Waals surface area (Å²) in [7, 11) is -2.85. The molecule has 3 fully saturated rings. The fraction of sp³-hybridized carbons (Fsp3) is 1.00. The maximum Gasteiger partial charge on any atom is 0.150 e. The average molecular weight is 318 g/mol. The Labute approximate surface area is 126 Å². The van der Waals surface area contributed by atoms with E-state index in [1.807, 2.05) is 0 Å². The Morgan fingerprint density at radius 1 is 1.19 bits per heavy atom. The van der Waals surface area contributed by atoms with Crippen LogP contribution in [0.4, 0.5) is 0 Å². The van der Waals surface area contributed by atoms with Crippen LogP contribution in [-0.4, -0.2) is 56.6 Å². The number of hydrogen-bond donors (Lipinski definition) is 1. The first kappa shape index (κ1) is 15.7. The van der Waals surface area contributed by atoms with Crippen LogP contribution in [0.3, 0.4) is 0 Å². The lowest BCUT2D eigenvalue weighted by Crippen LogP contribution is -2.46. The minimum absolute atomic E-state index is 0.107. The van der Waals surface area contributed by atoms with Crippen LogP contribution in [0.2, 0.25) is 0 Å². The summed E-state index contributed by atoms with van der Waals surface area (Å²) in [6, 6.07) is 0. The van der Waals surface area contributed by atoms with Crippen molar-refractivity contribution in [2.75, 3.05) is 31.3 Å². The smallest absolute Gasteiger partial charge is 0.150 e. The lowest BCUT2D eigenvalue weighted by molar-refractivity contribution is -0.159. The SMILES string of the molecule is O=S1(=O)CCC(CC(O)C2CCOC3(CCOCC3)C2)C1. The summed E-state index contributed by atoms with van der Waals surface area (Å²) in [5, 5.41) is 10.5. The number of ether oxygens (including phenoxy) is 2. The molecule has 0 bridgehead atoms. The normalized spacial score (nSPS) is 36.6. The molecule has 1 N–H and O–H groups in total. The van der Waals surface area contributed by atoms with E-state index in [1.54, 1.807) is 0 Å². The lowest BCUT2D eigenvalue weighted by Gasteiger charge is -2.44. The van der Waals surface area contributed by atoms with Gasteiger partial charge in [0.05, 0.1) is 23.2 Å². The third-order valence-electron chi connectivity index (χ3n) is 5.38. The number of aliphatic hydroxyl groups excluding tert-OH is 1. The molecule has 5 nitrogen and oxygen atoms in total. The van der Waals surface area contributed by atoms with E-state index in [-0.39, 0.29) is 23.2 Å². The van der Waals surface area contributed by atoms with Gasteiger partial charge in [0.25, 0.3) is 0 Å². The molecule has 0 radical (unpaired) electrons. The summed E-state index contributed by atoms with van der Waals surface area (Å²) in [6.07, 6.45) is 4.52. The zero-order valence-electron chi connectivity index (χ0n) is 12.5. The van der Waals surface area contributed by atoms with Crippen molar-refractivity contribution >= 4 is 9.84 Å². The second-order valence-corrected chi connectivity index (χ2v) is 9.20. The van der Waals surface area contributed by atoms with Gasteiger partial charge in [-0.15, -0.1) is 0 Å². The topological polar surface area (TPSA) is 72.8 Å². The molecule has 0 aromatic carbocycles. The minimum atomic E-state index is -2.85. The molecule has 21 heavy (non-hydrogen) atoms. The first-order valence-corrected chi connectivity index (χ1v) is 9.90. The van der Waals surface area contributed by atoms with E-state index < -0.39 is 15.9 Å². The predicted molar refractivity (Wildman–Crippen MR) is 78.8 cm³/mol. The van der Waals surface area contributed by atoms with Crippen molar-refractivity contribution in [3.8, 4) is 0 Å². The van der Waals surface area contributed by atoms with E-state index in [2.05, 4.69) is 0 Å². The highest BCUT2D eigenvalue weighted by molar-refractivity contribution is 7.91. The summed E-state index contributed by atoms with van der Waals surface area (Å²) in [5.41, 5.74) is -0.107. The van der Waals surface area contributed by atoms with E-state index in [4.69, 9.17) is 9.47 Å². The highest BCUT2D eigenvalue weighted by atomic mass is 32.2. The maximum atomic E-state index is 11.5. The molecule has 0 aromatic rings. The highest BCUT2D eigenvalue weighted by Crippen LogP contribution is 2.39. The highest BCUT2D eigenvalue weighted by Gasteiger charge is 2.41. The molecule has 0 aromatic heterocycles. The van der Waals surface area contributed by atoms with Gasteiger partial charge in [0.1, 0.15) is 0 Å². The maximum absolute atomic E-state index is 11.5. The fourth-order valence-electron chi connectivity index (χ4n) is 4.08. The number of rotatable bonds is 3. The molecule has 3 heterocycles. The van der Waals surface area contributed by atoms with Crippen molar-refractivity contribution in [1.29, 1.82) is 0 Å². The summed E-state index contributed by atoms with van der Waals surface area (Å²) in [5.74, 6) is 0.921. The van der Waals surface area contributed by atoms with Gasteiger partial charge in [0.2, 0.25) is 0 Å². The van der Waals surface area contributed by atoms with E-state index in [0.717, 1.165) is 38.9 Å². The molecule has 1 spiro atoms. The summed E-state index contributed by atoms with van der Waals surface area (Å²) in [6.45, 7) is 2.18. The van der Waals surface area contributed by atoms with Gasteiger partial charge in [-0.3, -0.25) is 0 Å².